The van der Waals surface area contributed by atoms with Crippen molar-refractivity contribution >= 4 is 33.4 Å². The van der Waals surface area contributed by atoms with E-state index >= 15 is 0 Å². The van der Waals surface area contributed by atoms with E-state index in [-0.39, 0.29) is 17.3 Å². The van der Waals surface area contributed by atoms with Gasteiger partial charge in [0.05, 0.1) is 11.4 Å². The summed E-state index contributed by atoms with van der Waals surface area (Å²) in [4.78, 5) is 27.1. The number of rotatable bonds is 10. The second-order valence-corrected chi connectivity index (χ2v) is 9.67. The molecule has 0 bridgehead atoms. The largest absolute Gasteiger partial charge is 0.354 e. The molecule has 2 aromatic rings. The van der Waals surface area contributed by atoms with Crippen molar-refractivity contribution in [3.63, 3.8) is 0 Å². The van der Waals surface area contributed by atoms with E-state index in [0.717, 1.165) is 16.3 Å². The van der Waals surface area contributed by atoms with Crippen molar-refractivity contribution in [3.05, 3.63) is 65.2 Å². The molecule has 0 fully saturated rings. The van der Waals surface area contributed by atoms with Crippen LogP contribution in [0.25, 0.3) is 0 Å². The third-order valence-corrected chi connectivity index (χ3v) is 6.86. The number of benzene rings is 2. The van der Waals surface area contributed by atoms with Gasteiger partial charge in [-0.15, -0.1) is 0 Å². The number of nitrogens with one attached hydrogen (secondary N) is 1. The van der Waals surface area contributed by atoms with Crippen LogP contribution in [0.3, 0.4) is 0 Å². The fourth-order valence-corrected chi connectivity index (χ4v) is 4.16. The molecule has 0 saturated carbocycles. The number of carbonyl (C=O) groups is 2. The van der Waals surface area contributed by atoms with Crippen LogP contribution in [0.15, 0.2) is 59.5 Å². The second kappa shape index (κ2) is 11.3. The first kappa shape index (κ1) is 24.8. The fourth-order valence-electron chi connectivity index (χ4n) is 2.91. The molecule has 0 aliphatic heterocycles. The first-order valence-electron chi connectivity index (χ1n) is 9.99. The lowest BCUT2D eigenvalue weighted by Gasteiger charge is -2.30. The van der Waals surface area contributed by atoms with Gasteiger partial charge in [-0.25, -0.2) is 8.42 Å². The Morgan fingerprint density at radius 3 is 2.26 bits per heavy atom. The predicted octanol–water partition coefficient (Wildman–Crippen LogP) is 2.90. The van der Waals surface area contributed by atoms with E-state index in [9.17, 15) is 18.0 Å². The lowest BCUT2D eigenvalue weighted by molar-refractivity contribution is -0.140. The van der Waals surface area contributed by atoms with Gasteiger partial charge in [-0.1, -0.05) is 48.9 Å². The van der Waals surface area contributed by atoms with Gasteiger partial charge in [0.2, 0.25) is 21.8 Å². The molecule has 0 saturated heterocycles. The zero-order valence-electron chi connectivity index (χ0n) is 17.9. The quantitative estimate of drug-likeness (QED) is 0.584. The molecule has 31 heavy (non-hydrogen) atoms. The van der Waals surface area contributed by atoms with Crippen LogP contribution in [-0.2, 0) is 26.2 Å². The zero-order chi connectivity index (χ0) is 23.0. The van der Waals surface area contributed by atoms with Gasteiger partial charge in [0.1, 0.15) is 6.04 Å². The molecule has 0 aliphatic carbocycles. The summed E-state index contributed by atoms with van der Waals surface area (Å²) in [7, 11) is -2.55. The van der Waals surface area contributed by atoms with Crippen molar-refractivity contribution in [1.82, 2.24) is 14.5 Å². The summed E-state index contributed by atoms with van der Waals surface area (Å²) in [6, 6.07) is 14.2. The second-order valence-electron chi connectivity index (χ2n) is 7.19. The van der Waals surface area contributed by atoms with E-state index < -0.39 is 28.5 Å². The molecule has 0 radical (unpaired) electrons. The van der Waals surface area contributed by atoms with Crippen LogP contribution in [0.1, 0.15) is 25.8 Å². The van der Waals surface area contributed by atoms with Crippen LogP contribution < -0.4 is 5.32 Å². The lowest BCUT2D eigenvalue weighted by Crippen LogP contribution is -2.50. The minimum absolute atomic E-state index is 0.0375. The number of likely N-dealkylation sites (N-methyl/N-ethyl adjacent to an activating group) is 1. The summed E-state index contributed by atoms with van der Waals surface area (Å²) in [5.41, 5.74) is 0.842. The minimum Gasteiger partial charge on any atom is -0.354 e. The van der Waals surface area contributed by atoms with Gasteiger partial charge < -0.3 is 10.2 Å². The average Bonchev–Trinajstić information content (AvgIpc) is 2.76. The highest BCUT2D eigenvalue weighted by Crippen LogP contribution is 2.18. The van der Waals surface area contributed by atoms with Crippen LogP contribution in [0.2, 0.25) is 5.02 Å². The molecule has 2 amide bonds. The van der Waals surface area contributed by atoms with Crippen molar-refractivity contribution in [2.75, 3.05) is 20.1 Å². The molecule has 1 atom stereocenters. The van der Waals surface area contributed by atoms with Crippen LogP contribution in [0, 0.1) is 0 Å². The van der Waals surface area contributed by atoms with Gasteiger partial charge in [-0.05, 0) is 43.2 Å². The topological polar surface area (TPSA) is 86.8 Å². The predicted molar refractivity (Wildman–Crippen MR) is 121 cm³/mol. The summed E-state index contributed by atoms with van der Waals surface area (Å²) in [6.07, 6.45) is 0.771. The Morgan fingerprint density at radius 2 is 1.68 bits per heavy atom. The average molecular weight is 466 g/mol. The van der Waals surface area contributed by atoms with Crippen molar-refractivity contribution in [2.45, 2.75) is 37.8 Å². The maximum Gasteiger partial charge on any atom is 0.243 e. The van der Waals surface area contributed by atoms with Gasteiger partial charge >= 0.3 is 0 Å². The van der Waals surface area contributed by atoms with E-state index in [1.165, 1.54) is 36.2 Å². The van der Waals surface area contributed by atoms with E-state index in [4.69, 9.17) is 11.6 Å². The molecular weight excluding hydrogens is 438 g/mol. The van der Waals surface area contributed by atoms with Gasteiger partial charge in [0, 0.05) is 25.2 Å². The Hall–Kier alpha value is -2.42. The van der Waals surface area contributed by atoms with Crippen molar-refractivity contribution in [1.29, 1.82) is 0 Å². The molecule has 1 N–H and O–H groups in total. The van der Waals surface area contributed by atoms with Crippen LogP contribution >= 0.6 is 11.6 Å². The molecule has 9 heteroatoms. The summed E-state index contributed by atoms with van der Waals surface area (Å²) in [6.45, 7) is 3.87. The molecule has 7 nitrogen and oxygen atoms in total. The standard InChI is InChI=1S/C22H28ClN3O4S/c1-4-14-24-22(28)17(2)26(15-18-8-6-5-7-9-18)21(27)16-25(3)31(29,30)20-12-10-19(23)11-13-20/h5-13,17H,4,14-16H2,1-3H3,(H,24,28)/t17-/m1/s1. The summed E-state index contributed by atoms with van der Waals surface area (Å²) in [5.74, 6) is -0.752. The number of hydrogen-bond acceptors (Lipinski definition) is 4. The van der Waals surface area contributed by atoms with E-state index in [1.54, 1.807) is 6.92 Å². The molecule has 0 aromatic heterocycles. The van der Waals surface area contributed by atoms with Crippen molar-refractivity contribution in [3.8, 4) is 0 Å². The number of carbonyl (C=O) groups excluding carboxylic acids is 2. The Kier molecular flexibility index (Phi) is 9.03. The van der Waals surface area contributed by atoms with Gasteiger partial charge in [-0.3, -0.25) is 9.59 Å². The number of hydrogen-bond donors (Lipinski definition) is 1. The molecule has 168 valence electrons. The monoisotopic (exact) mass is 465 g/mol. The maximum atomic E-state index is 13.1. The normalized spacial score (nSPS) is 12.4. The van der Waals surface area contributed by atoms with Crippen molar-refractivity contribution in [2.24, 2.45) is 0 Å². The van der Waals surface area contributed by atoms with E-state index in [1.807, 2.05) is 37.3 Å². The maximum absolute atomic E-state index is 13.1. The lowest BCUT2D eigenvalue weighted by atomic mass is 10.1. The molecule has 0 aliphatic rings. The first-order chi connectivity index (χ1) is 14.7. The fraction of sp³-hybridized carbons (Fsp3) is 0.364. The highest BCUT2D eigenvalue weighted by Gasteiger charge is 2.30. The van der Waals surface area contributed by atoms with E-state index in [0.29, 0.717) is 11.6 Å². The Bertz CT molecular complexity index is 982. The number of halogens is 1. The van der Waals surface area contributed by atoms with Gasteiger partial charge in [0.25, 0.3) is 0 Å². The smallest absolute Gasteiger partial charge is 0.243 e. The number of amides is 2. The molecule has 2 aromatic carbocycles. The molecule has 0 unspecified atom stereocenters. The SMILES string of the molecule is CCCNC(=O)[C@@H](C)N(Cc1ccccc1)C(=O)CN(C)S(=O)(=O)c1ccc(Cl)cc1. The highest BCUT2D eigenvalue weighted by atomic mass is 35.5. The zero-order valence-corrected chi connectivity index (χ0v) is 19.5. The first-order valence-corrected chi connectivity index (χ1v) is 11.8. The number of nitrogens with zero attached hydrogens (tertiary/aromatic N) is 2. The third-order valence-electron chi connectivity index (χ3n) is 4.79. The summed E-state index contributed by atoms with van der Waals surface area (Å²) in [5, 5.41) is 3.21. The molecule has 0 spiro atoms. The third kappa shape index (κ3) is 6.78. The Labute approximate surface area is 189 Å². The Morgan fingerprint density at radius 1 is 1.06 bits per heavy atom. The summed E-state index contributed by atoms with van der Waals surface area (Å²) < 4.78 is 26.7. The minimum atomic E-state index is -3.89. The van der Waals surface area contributed by atoms with Crippen LogP contribution in [0.5, 0.6) is 0 Å². The van der Waals surface area contributed by atoms with Crippen molar-refractivity contribution < 1.29 is 18.0 Å². The van der Waals surface area contributed by atoms with E-state index in [2.05, 4.69) is 5.32 Å². The van der Waals surface area contributed by atoms with Crippen LogP contribution in [0.4, 0.5) is 0 Å². The number of sulfonamides is 1. The van der Waals surface area contributed by atoms with Gasteiger partial charge in [-0.2, -0.15) is 4.31 Å². The van der Waals surface area contributed by atoms with Gasteiger partial charge in [0.15, 0.2) is 0 Å². The summed E-state index contributed by atoms with van der Waals surface area (Å²) >= 11 is 5.84. The molecule has 0 heterocycles. The Balaban J connectivity index is 2.22. The molecular formula is C22H28ClN3O4S. The highest BCUT2D eigenvalue weighted by molar-refractivity contribution is 7.89. The molecule has 2 rings (SSSR count). The van der Waals surface area contributed by atoms with Crippen LogP contribution in [-0.4, -0.2) is 55.6 Å².